The first-order valence-electron chi connectivity index (χ1n) is 6.49. The first-order chi connectivity index (χ1) is 10.4. The zero-order valence-corrected chi connectivity index (χ0v) is 13.2. The van der Waals surface area contributed by atoms with Crippen molar-refractivity contribution in [1.82, 2.24) is 9.55 Å². The van der Waals surface area contributed by atoms with Gasteiger partial charge in [0.15, 0.2) is 11.0 Å². The lowest BCUT2D eigenvalue weighted by atomic mass is 10.2. The largest absolute Gasteiger partial charge is 0.507 e. The van der Waals surface area contributed by atoms with Crippen LogP contribution in [0.15, 0.2) is 35.2 Å². The fourth-order valence-electron chi connectivity index (χ4n) is 2.17. The molecule has 2 aromatic heterocycles. The van der Waals surface area contributed by atoms with Crippen LogP contribution >= 0.6 is 23.2 Å². The lowest BCUT2D eigenvalue weighted by Gasteiger charge is -2.14. The van der Waals surface area contributed by atoms with Crippen LogP contribution in [-0.4, -0.2) is 14.7 Å². The first kappa shape index (κ1) is 16.5. The Hall–Kier alpha value is -1.85. The Balaban J connectivity index is 2.87. The average molecular weight is 343 g/mol. The Bertz CT molecular complexity index is 844. The van der Waals surface area contributed by atoms with Crippen LogP contribution in [0.25, 0.3) is 10.9 Å². The van der Waals surface area contributed by atoms with Gasteiger partial charge in [-0.15, -0.1) is 0 Å². The second-order valence-corrected chi connectivity index (χ2v) is 5.29. The molecule has 0 fully saturated rings. The molecule has 4 nitrogen and oxygen atoms in total. The predicted octanol–water partition coefficient (Wildman–Crippen LogP) is 4.07. The van der Waals surface area contributed by atoms with Gasteiger partial charge < -0.3 is 9.67 Å². The van der Waals surface area contributed by atoms with Crippen LogP contribution in [0, 0.1) is 5.82 Å². The quantitative estimate of drug-likeness (QED) is 0.673. The molecule has 2 heterocycles. The number of pyridine rings is 2. The van der Waals surface area contributed by atoms with E-state index in [1.54, 1.807) is 6.08 Å². The van der Waals surface area contributed by atoms with Gasteiger partial charge in [0.05, 0.1) is 17.4 Å². The summed E-state index contributed by atoms with van der Waals surface area (Å²) in [5, 5.41) is 9.20. The summed E-state index contributed by atoms with van der Waals surface area (Å²) in [6.07, 6.45) is 4.18. The molecule has 0 unspecified atom stereocenters. The third kappa shape index (κ3) is 2.87. The topological polar surface area (TPSA) is 55.1 Å². The summed E-state index contributed by atoms with van der Waals surface area (Å²) < 4.78 is 15.5. The molecular weight excluding hydrogens is 330 g/mol. The number of aromatic nitrogens is 2. The lowest BCUT2D eigenvalue weighted by Crippen LogP contribution is -2.21. The summed E-state index contributed by atoms with van der Waals surface area (Å²) in [5.74, 6) is -1.35. The highest BCUT2D eigenvalue weighted by Gasteiger charge is 2.20. The zero-order valence-electron chi connectivity index (χ0n) is 11.7. The van der Waals surface area contributed by atoms with Crippen molar-refractivity contribution in [3.05, 3.63) is 56.8 Å². The number of hydrogen-bond donors (Lipinski definition) is 1. The molecule has 116 valence electrons. The standard InChI is InChI=1S/C15H13Cl2FN2O2/c1-3-5-8(4-2)7-20-10(22)6-9(21)11-13(20)12(18)15(17)19-14(11)16/h4-6,21H,2-3,7H2,1H3/b8-5+. The molecule has 7 heteroatoms. The van der Waals surface area contributed by atoms with E-state index in [1.807, 2.05) is 13.0 Å². The Morgan fingerprint density at radius 3 is 2.77 bits per heavy atom. The molecule has 0 radical (unpaired) electrons. The fraction of sp³-hybridized carbons (Fsp3) is 0.200. The van der Waals surface area contributed by atoms with Gasteiger partial charge in [0.1, 0.15) is 10.9 Å². The van der Waals surface area contributed by atoms with Crippen LogP contribution in [0.5, 0.6) is 5.75 Å². The summed E-state index contributed by atoms with van der Waals surface area (Å²) in [6.45, 7) is 5.68. The van der Waals surface area contributed by atoms with Crippen molar-refractivity contribution in [2.45, 2.75) is 19.9 Å². The average Bonchev–Trinajstić information content (AvgIpc) is 2.46. The molecule has 0 atom stereocenters. The monoisotopic (exact) mass is 342 g/mol. The maximum absolute atomic E-state index is 14.4. The molecule has 0 saturated heterocycles. The van der Waals surface area contributed by atoms with Gasteiger partial charge in [-0.3, -0.25) is 4.79 Å². The highest BCUT2D eigenvalue weighted by molar-refractivity contribution is 6.36. The van der Waals surface area contributed by atoms with E-state index in [0.29, 0.717) is 0 Å². The molecule has 22 heavy (non-hydrogen) atoms. The van der Waals surface area contributed by atoms with E-state index in [4.69, 9.17) is 23.2 Å². The summed E-state index contributed by atoms with van der Waals surface area (Å²) in [6, 6.07) is 0.968. The summed E-state index contributed by atoms with van der Waals surface area (Å²) in [5.41, 5.74) is -0.0232. The van der Waals surface area contributed by atoms with Crippen molar-refractivity contribution >= 4 is 34.1 Å². The van der Waals surface area contributed by atoms with Crippen molar-refractivity contribution < 1.29 is 9.50 Å². The molecule has 0 aromatic carbocycles. The first-order valence-corrected chi connectivity index (χ1v) is 7.24. The third-order valence-electron chi connectivity index (χ3n) is 3.15. The minimum atomic E-state index is -0.908. The molecule has 0 amide bonds. The number of fused-ring (bicyclic) bond motifs is 1. The van der Waals surface area contributed by atoms with E-state index >= 15 is 0 Å². The van der Waals surface area contributed by atoms with Gasteiger partial charge in [-0.25, -0.2) is 9.37 Å². The summed E-state index contributed by atoms with van der Waals surface area (Å²) in [4.78, 5) is 15.8. The Morgan fingerprint density at radius 1 is 1.50 bits per heavy atom. The van der Waals surface area contributed by atoms with Crippen LogP contribution in [0.2, 0.25) is 10.3 Å². The molecule has 0 spiro atoms. The molecule has 0 aliphatic rings. The van der Waals surface area contributed by atoms with Gasteiger partial charge in [0.2, 0.25) is 0 Å². The van der Waals surface area contributed by atoms with E-state index in [1.165, 1.54) is 0 Å². The van der Waals surface area contributed by atoms with E-state index in [0.717, 1.165) is 22.6 Å². The summed E-state index contributed by atoms with van der Waals surface area (Å²) >= 11 is 11.6. The number of rotatable bonds is 4. The molecule has 0 aliphatic heterocycles. The third-order valence-corrected chi connectivity index (χ3v) is 3.67. The van der Waals surface area contributed by atoms with Gasteiger partial charge in [0.25, 0.3) is 5.56 Å². The van der Waals surface area contributed by atoms with Crippen molar-refractivity contribution in [3.8, 4) is 5.75 Å². The van der Waals surface area contributed by atoms with Crippen LogP contribution in [0.4, 0.5) is 4.39 Å². The molecule has 0 bridgehead atoms. The number of halogens is 3. The second kappa shape index (κ2) is 6.50. The molecular formula is C15H13Cl2FN2O2. The van der Waals surface area contributed by atoms with Crippen LogP contribution in [0.3, 0.4) is 0 Å². The highest BCUT2D eigenvalue weighted by atomic mass is 35.5. The molecule has 0 saturated carbocycles. The minimum absolute atomic E-state index is 0.0527. The molecule has 2 aromatic rings. The SMILES string of the molecule is C=C/C(=C\CC)Cn1c(=O)cc(O)c2c(Cl)nc(Cl)c(F)c21. The van der Waals surface area contributed by atoms with Crippen molar-refractivity contribution in [2.24, 2.45) is 0 Å². The van der Waals surface area contributed by atoms with Crippen molar-refractivity contribution in [1.29, 1.82) is 0 Å². The van der Waals surface area contributed by atoms with Crippen molar-refractivity contribution in [3.63, 3.8) is 0 Å². The maximum Gasteiger partial charge on any atom is 0.255 e. The van der Waals surface area contributed by atoms with Gasteiger partial charge in [-0.1, -0.05) is 48.9 Å². The molecule has 2 rings (SSSR count). The Labute approximate surface area is 136 Å². The highest BCUT2D eigenvalue weighted by Crippen LogP contribution is 2.33. The van der Waals surface area contributed by atoms with Crippen LogP contribution in [0.1, 0.15) is 13.3 Å². The molecule has 1 N–H and O–H groups in total. The Morgan fingerprint density at radius 2 is 2.18 bits per heavy atom. The van der Waals surface area contributed by atoms with Gasteiger partial charge in [0, 0.05) is 6.07 Å². The second-order valence-electron chi connectivity index (χ2n) is 4.58. The Kier molecular flexibility index (Phi) is 4.88. The molecule has 0 aliphatic carbocycles. The predicted molar refractivity (Wildman–Crippen MR) is 86.2 cm³/mol. The number of nitrogens with zero attached hydrogens (tertiary/aromatic N) is 2. The lowest BCUT2D eigenvalue weighted by molar-refractivity contribution is 0.478. The van der Waals surface area contributed by atoms with E-state index in [-0.39, 0.29) is 22.6 Å². The van der Waals surface area contributed by atoms with Crippen LogP contribution < -0.4 is 5.56 Å². The van der Waals surface area contributed by atoms with E-state index in [9.17, 15) is 14.3 Å². The van der Waals surface area contributed by atoms with Gasteiger partial charge >= 0.3 is 0 Å². The smallest absolute Gasteiger partial charge is 0.255 e. The summed E-state index contributed by atoms with van der Waals surface area (Å²) in [7, 11) is 0. The zero-order chi connectivity index (χ0) is 16.4. The maximum atomic E-state index is 14.4. The van der Waals surface area contributed by atoms with Gasteiger partial charge in [-0.05, 0) is 12.0 Å². The van der Waals surface area contributed by atoms with Gasteiger partial charge in [-0.2, -0.15) is 0 Å². The fourth-order valence-corrected chi connectivity index (χ4v) is 2.66. The van der Waals surface area contributed by atoms with E-state index in [2.05, 4.69) is 11.6 Å². The number of allylic oxidation sites excluding steroid dienone is 3. The number of aromatic hydroxyl groups is 1. The van der Waals surface area contributed by atoms with E-state index < -0.39 is 22.3 Å². The normalized spacial score (nSPS) is 11.9. The van der Waals surface area contributed by atoms with Crippen LogP contribution in [-0.2, 0) is 6.54 Å². The van der Waals surface area contributed by atoms with Crippen molar-refractivity contribution in [2.75, 3.05) is 0 Å². The number of hydrogen-bond acceptors (Lipinski definition) is 3. The minimum Gasteiger partial charge on any atom is -0.507 e.